The summed E-state index contributed by atoms with van der Waals surface area (Å²) in [5, 5.41) is 3.30. The molecule has 2 aromatic carbocycles. The van der Waals surface area contributed by atoms with Crippen LogP contribution in [0.2, 0.25) is 5.02 Å². The van der Waals surface area contributed by atoms with Gasteiger partial charge in [0.05, 0.1) is 10.7 Å². The maximum Gasteiger partial charge on any atom is 0.281 e. The standard InChI is InChI=1S/C19H14BrClFN3O4S/c1-9(26)24-25-19(28)18-17(21)12-4-3-11(7-15(12)30-18)29-8-16(27)23-14-5-2-10(20)6-13(14)22/h2-7H,8H2,1H3,(H,23,27)(H,24,26)(H,25,28). The van der Waals surface area contributed by atoms with Crippen LogP contribution in [0.1, 0.15) is 16.6 Å². The maximum absolute atomic E-state index is 13.8. The molecule has 0 fully saturated rings. The molecule has 0 spiro atoms. The number of fused-ring (bicyclic) bond motifs is 1. The Kier molecular flexibility index (Phi) is 6.91. The van der Waals surface area contributed by atoms with Gasteiger partial charge >= 0.3 is 0 Å². The second-order valence-electron chi connectivity index (χ2n) is 6.00. The molecule has 1 heterocycles. The van der Waals surface area contributed by atoms with Crippen LogP contribution in [0.3, 0.4) is 0 Å². The zero-order chi connectivity index (χ0) is 21.8. The summed E-state index contributed by atoms with van der Waals surface area (Å²) in [6.45, 7) is 0.924. The molecule has 0 aliphatic heterocycles. The summed E-state index contributed by atoms with van der Waals surface area (Å²) in [7, 11) is 0. The first-order valence-corrected chi connectivity index (χ1v) is 10.4. The first-order chi connectivity index (χ1) is 14.2. The predicted octanol–water partition coefficient (Wildman–Crippen LogP) is 4.25. The van der Waals surface area contributed by atoms with Crippen molar-refractivity contribution in [3.8, 4) is 5.75 Å². The minimum atomic E-state index is -0.572. The monoisotopic (exact) mass is 513 g/mol. The first-order valence-electron chi connectivity index (χ1n) is 8.41. The van der Waals surface area contributed by atoms with E-state index in [0.717, 1.165) is 11.3 Å². The topological polar surface area (TPSA) is 96.5 Å². The zero-order valence-corrected chi connectivity index (χ0v) is 18.5. The molecule has 3 aromatic rings. The number of hydrazine groups is 1. The SMILES string of the molecule is CC(=O)NNC(=O)c1sc2cc(OCC(=O)Nc3ccc(Br)cc3F)ccc2c1Cl. The van der Waals surface area contributed by atoms with Crippen LogP contribution < -0.4 is 20.9 Å². The number of thiophene rings is 1. The van der Waals surface area contributed by atoms with E-state index in [-0.39, 0.29) is 22.2 Å². The highest BCUT2D eigenvalue weighted by atomic mass is 79.9. The van der Waals surface area contributed by atoms with Gasteiger partial charge in [0, 0.05) is 21.5 Å². The number of amides is 3. The second kappa shape index (κ2) is 9.41. The number of hydrogen-bond acceptors (Lipinski definition) is 5. The van der Waals surface area contributed by atoms with Crippen LogP contribution in [-0.4, -0.2) is 24.3 Å². The number of anilines is 1. The minimum absolute atomic E-state index is 0.0436. The molecule has 3 rings (SSSR count). The van der Waals surface area contributed by atoms with Crippen LogP contribution in [0.5, 0.6) is 5.75 Å². The molecule has 0 aliphatic carbocycles. The Balaban J connectivity index is 1.67. The van der Waals surface area contributed by atoms with E-state index < -0.39 is 23.5 Å². The fraction of sp³-hybridized carbons (Fsp3) is 0.105. The highest BCUT2D eigenvalue weighted by Gasteiger charge is 2.18. The van der Waals surface area contributed by atoms with Gasteiger partial charge in [-0.05, 0) is 36.4 Å². The lowest BCUT2D eigenvalue weighted by Gasteiger charge is -2.08. The molecular weight excluding hydrogens is 501 g/mol. The van der Waals surface area contributed by atoms with E-state index in [9.17, 15) is 18.8 Å². The Labute approximate surface area is 187 Å². The first kappa shape index (κ1) is 22.0. The average Bonchev–Trinajstić information content (AvgIpc) is 3.03. The summed E-state index contributed by atoms with van der Waals surface area (Å²) in [6, 6.07) is 9.17. The number of hydrogen-bond donors (Lipinski definition) is 3. The molecule has 1 aromatic heterocycles. The summed E-state index contributed by atoms with van der Waals surface area (Å²) >= 11 is 10.5. The van der Waals surface area contributed by atoms with Gasteiger partial charge in [0.1, 0.15) is 16.4 Å². The Morgan fingerprint density at radius 3 is 2.63 bits per heavy atom. The Hall–Kier alpha value is -2.69. The largest absolute Gasteiger partial charge is 0.484 e. The quantitative estimate of drug-likeness (QED) is 0.444. The van der Waals surface area contributed by atoms with Gasteiger partial charge in [-0.2, -0.15) is 0 Å². The van der Waals surface area contributed by atoms with Crippen molar-refractivity contribution in [2.75, 3.05) is 11.9 Å². The van der Waals surface area contributed by atoms with Gasteiger partial charge in [-0.25, -0.2) is 4.39 Å². The van der Waals surface area contributed by atoms with Gasteiger partial charge in [-0.1, -0.05) is 27.5 Å². The molecule has 11 heteroatoms. The molecule has 3 N–H and O–H groups in total. The van der Waals surface area contributed by atoms with Crippen molar-refractivity contribution >= 4 is 72.4 Å². The molecule has 0 bridgehead atoms. The van der Waals surface area contributed by atoms with Crippen LogP contribution in [-0.2, 0) is 9.59 Å². The van der Waals surface area contributed by atoms with E-state index in [0.29, 0.717) is 20.3 Å². The van der Waals surface area contributed by atoms with E-state index in [4.69, 9.17) is 16.3 Å². The van der Waals surface area contributed by atoms with Gasteiger partial charge in [0.25, 0.3) is 11.8 Å². The number of carbonyl (C=O) groups excluding carboxylic acids is 3. The highest BCUT2D eigenvalue weighted by molar-refractivity contribution is 9.10. The summed E-state index contributed by atoms with van der Waals surface area (Å²) in [6.07, 6.45) is 0. The van der Waals surface area contributed by atoms with Crippen molar-refractivity contribution in [3.63, 3.8) is 0 Å². The van der Waals surface area contributed by atoms with E-state index >= 15 is 0 Å². The van der Waals surface area contributed by atoms with Crippen molar-refractivity contribution in [2.45, 2.75) is 6.92 Å². The third-order valence-electron chi connectivity index (χ3n) is 3.73. The highest BCUT2D eigenvalue weighted by Crippen LogP contribution is 2.37. The van der Waals surface area contributed by atoms with Crippen LogP contribution in [0, 0.1) is 5.82 Å². The summed E-state index contributed by atoms with van der Waals surface area (Å²) in [4.78, 5) is 35.3. The lowest BCUT2D eigenvalue weighted by Crippen LogP contribution is -2.40. The van der Waals surface area contributed by atoms with Crippen molar-refractivity contribution in [3.05, 3.63) is 56.6 Å². The lowest BCUT2D eigenvalue weighted by molar-refractivity contribution is -0.120. The smallest absolute Gasteiger partial charge is 0.281 e. The normalized spacial score (nSPS) is 10.5. The maximum atomic E-state index is 13.8. The van der Waals surface area contributed by atoms with Crippen LogP contribution >= 0.6 is 38.9 Å². The molecule has 3 amide bonds. The molecule has 156 valence electrons. The summed E-state index contributed by atoms with van der Waals surface area (Å²) in [5.74, 6) is -1.69. The molecule has 0 radical (unpaired) electrons. The summed E-state index contributed by atoms with van der Waals surface area (Å²) in [5.41, 5.74) is 4.50. The fourth-order valence-electron chi connectivity index (χ4n) is 2.41. The molecular formula is C19H14BrClFN3O4S. The number of nitrogens with one attached hydrogen (secondary N) is 3. The summed E-state index contributed by atoms with van der Waals surface area (Å²) < 4.78 is 20.5. The zero-order valence-electron chi connectivity index (χ0n) is 15.3. The number of rotatable bonds is 5. The van der Waals surface area contributed by atoms with E-state index in [2.05, 4.69) is 32.1 Å². The van der Waals surface area contributed by atoms with Crippen LogP contribution in [0.4, 0.5) is 10.1 Å². The van der Waals surface area contributed by atoms with E-state index in [1.54, 1.807) is 24.3 Å². The Morgan fingerprint density at radius 2 is 1.93 bits per heavy atom. The van der Waals surface area contributed by atoms with Gasteiger partial charge in [-0.15, -0.1) is 11.3 Å². The molecule has 0 atom stereocenters. The van der Waals surface area contributed by atoms with Crippen molar-refractivity contribution < 1.29 is 23.5 Å². The third kappa shape index (κ3) is 5.26. The Morgan fingerprint density at radius 1 is 1.17 bits per heavy atom. The fourth-order valence-corrected chi connectivity index (χ4v) is 4.18. The second-order valence-corrected chi connectivity index (χ2v) is 8.35. The molecule has 0 unspecified atom stereocenters. The predicted molar refractivity (Wildman–Crippen MR) is 116 cm³/mol. The van der Waals surface area contributed by atoms with Crippen molar-refractivity contribution in [2.24, 2.45) is 0 Å². The van der Waals surface area contributed by atoms with E-state index in [1.807, 2.05) is 0 Å². The number of halogens is 3. The lowest BCUT2D eigenvalue weighted by atomic mass is 10.2. The average molecular weight is 515 g/mol. The van der Waals surface area contributed by atoms with Crippen molar-refractivity contribution in [1.29, 1.82) is 0 Å². The van der Waals surface area contributed by atoms with Crippen LogP contribution in [0.25, 0.3) is 10.1 Å². The van der Waals surface area contributed by atoms with Gasteiger partial charge in [0.2, 0.25) is 5.91 Å². The van der Waals surface area contributed by atoms with Gasteiger partial charge in [-0.3, -0.25) is 25.2 Å². The van der Waals surface area contributed by atoms with Crippen LogP contribution in [0.15, 0.2) is 40.9 Å². The van der Waals surface area contributed by atoms with Gasteiger partial charge < -0.3 is 10.1 Å². The molecule has 30 heavy (non-hydrogen) atoms. The number of benzene rings is 2. The van der Waals surface area contributed by atoms with Gasteiger partial charge in [0.15, 0.2) is 6.61 Å². The molecule has 0 saturated heterocycles. The molecule has 0 saturated carbocycles. The number of carbonyl (C=O) groups is 3. The Bertz CT molecular complexity index is 1150. The van der Waals surface area contributed by atoms with Crippen molar-refractivity contribution in [1.82, 2.24) is 10.9 Å². The number of ether oxygens (including phenoxy) is 1. The third-order valence-corrected chi connectivity index (χ3v) is 5.88. The van der Waals surface area contributed by atoms with E-state index in [1.165, 1.54) is 19.1 Å². The molecule has 7 nitrogen and oxygen atoms in total. The minimum Gasteiger partial charge on any atom is -0.484 e. The molecule has 0 aliphatic rings.